The summed E-state index contributed by atoms with van der Waals surface area (Å²) in [6, 6.07) is 17.8. The number of aromatic nitrogens is 1. The van der Waals surface area contributed by atoms with E-state index in [0.717, 1.165) is 30.3 Å². The molecule has 0 spiro atoms. The molecule has 5 nitrogen and oxygen atoms in total. The number of likely N-dealkylation sites (N-methyl/N-ethyl adjacent to an activating group) is 1. The van der Waals surface area contributed by atoms with Gasteiger partial charge in [0.15, 0.2) is 11.4 Å². The quantitative estimate of drug-likeness (QED) is 0.698. The summed E-state index contributed by atoms with van der Waals surface area (Å²) in [4.78, 5) is 31.0. The van der Waals surface area contributed by atoms with E-state index in [1.54, 1.807) is 13.0 Å². The van der Waals surface area contributed by atoms with E-state index in [2.05, 4.69) is 22.4 Å². The fourth-order valence-electron chi connectivity index (χ4n) is 4.47. The van der Waals surface area contributed by atoms with Crippen LogP contribution in [0.15, 0.2) is 60.8 Å². The summed E-state index contributed by atoms with van der Waals surface area (Å²) in [6.45, 7) is 2.35. The maximum absolute atomic E-state index is 13.1. The van der Waals surface area contributed by atoms with Gasteiger partial charge in [-0.1, -0.05) is 30.3 Å². The highest BCUT2D eigenvalue weighted by Gasteiger charge is 2.45. The Morgan fingerprint density at radius 1 is 1.17 bits per heavy atom. The standard InChI is InChI=1S/C24H27N3O2/c1-17(28)24(26-23(29)21-8-9-22-20(15-21)10-12-25-22)16-19(11-13-27(24)2)14-18-6-4-3-5-7-18/h3-10,12,15,19,25H,11,13-14,16H2,1-2H3,(H,26,29). The fraction of sp³-hybridized carbons (Fsp3) is 0.333. The Bertz CT molecular complexity index is 1030. The van der Waals surface area contributed by atoms with Crippen LogP contribution in [0.5, 0.6) is 0 Å². The van der Waals surface area contributed by atoms with Gasteiger partial charge in [0.25, 0.3) is 5.91 Å². The molecule has 1 amide bonds. The van der Waals surface area contributed by atoms with Gasteiger partial charge in [0.1, 0.15) is 0 Å². The lowest BCUT2D eigenvalue weighted by atomic mass is 9.80. The summed E-state index contributed by atoms with van der Waals surface area (Å²) in [5, 5.41) is 4.08. The van der Waals surface area contributed by atoms with Crippen LogP contribution in [0.1, 0.15) is 35.7 Å². The minimum absolute atomic E-state index is 0.0196. The van der Waals surface area contributed by atoms with E-state index in [4.69, 9.17) is 0 Å². The fourth-order valence-corrected chi connectivity index (χ4v) is 4.47. The first-order valence-corrected chi connectivity index (χ1v) is 10.1. The molecule has 1 saturated heterocycles. The highest BCUT2D eigenvalue weighted by molar-refractivity contribution is 6.01. The molecule has 1 aliphatic rings. The van der Waals surface area contributed by atoms with Crippen molar-refractivity contribution < 1.29 is 9.59 Å². The molecule has 29 heavy (non-hydrogen) atoms. The minimum Gasteiger partial charge on any atom is -0.361 e. The third-order valence-corrected chi connectivity index (χ3v) is 6.19. The van der Waals surface area contributed by atoms with Gasteiger partial charge in [-0.2, -0.15) is 0 Å². The maximum atomic E-state index is 13.1. The molecule has 3 aromatic rings. The van der Waals surface area contributed by atoms with Gasteiger partial charge in [-0.25, -0.2) is 0 Å². The number of carbonyl (C=O) groups excluding carboxylic acids is 2. The number of rotatable bonds is 5. The number of hydrogen-bond donors (Lipinski definition) is 2. The lowest BCUT2D eigenvalue weighted by Gasteiger charge is -2.46. The van der Waals surface area contributed by atoms with Crippen LogP contribution in [-0.4, -0.2) is 40.8 Å². The number of amides is 1. The summed E-state index contributed by atoms with van der Waals surface area (Å²) in [6.07, 6.45) is 4.39. The van der Waals surface area contributed by atoms with Crippen molar-refractivity contribution in [1.82, 2.24) is 15.2 Å². The molecule has 2 N–H and O–H groups in total. The first-order valence-electron chi connectivity index (χ1n) is 10.1. The van der Waals surface area contributed by atoms with Crippen LogP contribution in [0.3, 0.4) is 0 Å². The van der Waals surface area contributed by atoms with Crippen LogP contribution in [-0.2, 0) is 11.2 Å². The van der Waals surface area contributed by atoms with E-state index < -0.39 is 5.66 Å². The molecule has 2 atom stereocenters. The topological polar surface area (TPSA) is 65.2 Å². The molecule has 5 heteroatoms. The zero-order valence-corrected chi connectivity index (χ0v) is 16.9. The molecule has 2 unspecified atom stereocenters. The van der Waals surface area contributed by atoms with E-state index in [1.165, 1.54) is 5.56 Å². The van der Waals surface area contributed by atoms with Gasteiger partial charge in [0.05, 0.1) is 0 Å². The largest absolute Gasteiger partial charge is 0.361 e. The second kappa shape index (κ2) is 7.84. The predicted molar refractivity (Wildman–Crippen MR) is 115 cm³/mol. The van der Waals surface area contributed by atoms with Crippen molar-refractivity contribution >= 4 is 22.6 Å². The van der Waals surface area contributed by atoms with Crippen molar-refractivity contribution in [3.63, 3.8) is 0 Å². The SMILES string of the molecule is CC(=O)C1(NC(=O)c2ccc3[nH]ccc3c2)CC(Cc2ccccc2)CCN1C. The molecule has 2 aromatic carbocycles. The van der Waals surface area contributed by atoms with Crippen LogP contribution in [0, 0.1) is 5.92 Å². The van der Waals surface area contributed by atoms with Crippen LogP contribution in [0.25, 0.3) is 10.9 Å². The molecule has 1 aliphatic heterocycles. The van der Waals surface area contributed by atoms with Gasteiger partial charge >= 0.3 is 0 Å². The smallest absolute Gasteiger partial charge is 0.253 e. The van der Waals surface area contributed by atoms with Crippen LogP contribution < -0.4 is 5.32 Å². The van der Waals surface area contributed by atoms with Crippen molar-refractivity contribution in [3.05, 3.63) is 71.9 Å². The second-order valence-corrected chi connectivity index (χ2v) is 8.12. The molecule has 150 valence electrons. The molecule has 0 bridgehead atoms. The number of piperidine rings is 1. The second-order valence-electron chi connectivity index (χ2n) is 8.12. The predicted octanol–water partition coefficient (Wildman–Crippen LogP) is 3.77. The first-order chi connectivity index (χ1) is 14.0. The summed E-state index contributed by atoms with van der Waals surface area (Å²) < 4.78 is 0. The van der Waals surface area contributed by atoms with E-state index >= 15 is 0 Å². The summed E-state index contributed by atoms with van der Waals surface area (Å²) in [5.41, 5.74) is 1.85. The van der Waals surface area contributed by atoms with Gasteiger partial charge in [-0.05, 0) is 69.0 Å². The molecule has 0 saturated carbocycles. The highest BCUT2D eigenvalue weighted by Crippen LogP contribution is 2.32. The van der Waals surface area contributed by atoms with Gasteiger partial charge < -0.3 is 10.3 Å². The number of benzene rings is 2. The molecule has 0 aliphatic carbocycles. The van der Waals surface area contributed by atoms with E-state index in [9.17, 15) is 9.59 Å². The molecule has 0 radical (unpaired) electrons. The van der Waals surface area contributed by atoms with E-state index in [1.807, 2.05) is 54.5 Å². The van der Waals surface area contributed by atoms with Gasteiger partial charge in [0.2, 0.25) is 0 Å². The summed E-state index contributed by atoms with van der Waals surface area (Å²) >= 11 is 0. The average molecular weight is 389 g/mol. The molecular weight excluding hydrogens is 362 g/mol. The zero-order valence-electron chi connectivity index (χ0n) is 16.9. The Morgan fingerprint density at radius 3 is 2.72 bits per heavy atom. The van der Waals surface area contributed by atoms with E-state index in [0.29, 0.717) is 17.9 Å². The molecular formula is C24H27N3O2. The zero-order chi connectivity index (χ0) is 20.4. The van der Waals surface area contributed by atoms with Gasteiger partial charge in [-0.3, -0.25) is 14.5 Å². The molecule has 1 aromatic heterocycles. The molecule has 4 rings (SSSR count). The third kappa shape index (κ3) is 3.83. The normalized spacial score (nSPS) is 22.5. The highest BCUT2D eigenvalue weighted by atomic mass is 16.2. The van der Waals surface area contributed by atoms with Crippen LogP contribution in [0.4, 0.5) is 0 Å². The Balaban J connectivity index is 1.57. The number of likely N-dealkylation sites (tertiary alicyclic amines) is 1. The Labute approximate surface area is 171 Å². The van der Waals surface area contributed by atoms with Crippen molar-refractivity contribution in [2.75, 3.05) is 13.6 Å². The Hall–Kier alpha value is -2.92. The molecule has 1 fully saturated rings. The number of nitrogens with zero attached hydrogens (tertiary/aromatic N) is 1. The first kappa shape index (κ1) is 19.4. The van der Waals surface area contributed by atoms with Gasteiger partial charge in [0, 0.05) is 29.2 Å². The van der Waals surface area contributed by atoms with Crippen molar-refractivity contribution in [1.29, 1.82) is 0 Å². The lowest BCUT2D eigenvalue weighted by Crippen LogP contribution is -2.66. The molecule has 2 heterocycles. The summed E-state index contributed by atoms with van der Waals surface area (Å²) in [5.74, 6) is 0.106. The van der Waals surface area contributed by atoms with E-state index in [-0.39, 0.29) is 11.7 Å². The number of aromatic amines is 1. The number of fused-ring (bicyclic) bond motifs is 1. The average Bonchev–Trinajstić information content (AvgIpc) is 3.19. The van der Waals surface area contributed by atoms with Gasteiger partial charge in [-0.15, -0.1) is 0 Å². The third-order valence-electron chi connectivity index (χ3n) is 6.19. The number of carbonyl (C=O) groups is 2. The maximum Gasteiger partial charge on any atom is 0.253 e. The number of ketones is 1. The Morgan fingerprint density at radius 2 is 1.97 bits per heavy atom. The number of H-pyrrole nitrogens is 1. The lowest BCUT2D eigenvalue weighted by molar-refractivity contribution is -0.133. The number of hydrogen-bond acceptors (Lipinski definition) is 3. The number of Topliss-reactive ketones (excluding diaryl/α,β-unsaturated/α-hetero) is 1. The number of nitrogens with one attached hydrogen (secondary N) is 2. The van der Waals surface area contributed by atoms with Crippen LogP contribution >= 0.6 is 0 Å². The Kier molecular flexibility index (Phi) is 5.24. The van der Waals surface area contributed by atoms with Crippen molar-refractivity contribution in [2.45, 2.75) is 31.8 Å². The van der Waals surface area contributed by atoms with Crippen molar-refractivity contribution in [2.24, 2.45) is 5.92 Å². The minimum atomic E-state index is -0.970. The monoisotopic (exact) mass is 389 g/mol. The van der Waals surface area contributed by atoms with Crippen molar-refractivity contribution in [3.8, 4) is 0 Å². The summed E-state index contributed by atoms with van der Waals surface area (Å²) in [7, 11) is 1.93. The van der Waals surface area contributed by atoms with Crippen LogP contribution in [0.2, 0.25) is 0 Å².